The highest BCUT2D eigenvalue weighted by atomic mass is 35.5. The second kappa shape index (κ2) is 9.04. The van der Waals surface area contributed by atoms with E-state index in [4.69, 9.17) is 16.3 Å². The summed E-state index contributed by atoms with van der Waals surface area (Å²) < 4.78 is 30.2. The van der Waals surface area contributed by atoms with Crippen molar-refractivity contribution in [1.29, 1.82) is 0 Å². The number of carbonyl (C=O) groups excluding carboxylic acids is 1. The Balaban J connectivity index is 1.84. The van der Waals surface area contributed by atoms with Gasteiger partial charge < -0.3 is 4.74 Å². The van der Waals surface area contributed by atoms with Crippen LogP contribution in [0, 0.1) is 0 Å². The highest BCUT2D eigenvalue weighted by Gasteiger charge is 2.21. The molecule has 0 amide bonds. The fourth-order valence-electron chi connectivity index (χ4n) is 2.80. The van der Waals surface area contributed by atoms with Crippen LogP contribution in [0.5, 0.6) is 0 Å². The van der Waals surface area contributed by atoms with E-state index in [0.717, 1.165) is 16.7 Å². The SMILES string of the molecule is O=C(Cc1ccc(-c2ccccc2)cc1S(=O)(=O)CCl)OCc1ccccc1. The summed E-state index contributed by atoms with van der Waals surface area (Å²) in [6, 6.07) is 23.7. The molecule has 0 N–H and O–H groups in total. The molecule has 0 fully saturated rings. The average molecular weight is 415 g/mol. The number of hydrogen-bond donors (Lipinski definition) is 0. The smallest absolute Gasteiger partial charge is 0.310 e. The van der Waals surface area contributed by atoms with E-state index in [1.165, 1.54) is 0 Å². The van der Waals surface area contributed by atoms with Crippen molar-refractivity contribution >= 4 is 27.4 Å². The number of carbonyl (C=O) groups is 1. The van der Waals surface area contributed by atoms with Gasteiger partial charge in [-0.15, -0.1) is 11.6 Å². The molecular formula is C22H19ClO4S. The monoisotopic (exact) mass is 414 g/mol. The summed E-state index contributed by atoms with van der Waals surface area (Å²) in [5, 5.41) is -0.558. The lowest BCUT2D eigenvalue weighted by Crippen LogP contribution is -2.13. The lowest BCUT2D eigenvalue weighted by molar-refractivity contribution is -0.144. The molecule has 144 valence electrons. The molecule has 0 aliphatic carbocycles. The number of hydrogen-bond acceptors (Lipinski definition) is 4. The third kappa shape index (κ3) is 5.00. The minimum atomic E-state index is -3.71. The van der Waals surface area contributed by atoms with Crippen LogP contribution in [0.25, 0.3) is 11.1 Å². The fraction of sp³-hybridized carbons (Fsp3) is 0.136. The van der Waals surface area contributed by atoms with Gasteiger partial charge in [0, 0.05) is 0 Å². The maximum Gasteiger partial charge on any atom is 0.310 e. The summed E-state index contributed by atoms with van der Waals surface area (Å²) in [6.45, 7) is 0.138. The van der Waals surface area contributed by atoms with Crippen molar-refractivity contribution in [2.24, 2.45) is 0 Å². The van der Waals surface area contributed by atoms with E-state index in [0.29, 0.717) is 5.56 Å². The van der Waals surface area contributed by atoms with Gasteiger partial charge in [-0.25, -0.2) is 8.42 Å². The van der Waals surface area contributed by atoms with Crippen molar-refractivity contribution in [3.63, 3.8) is 0 Å². The molecule has 0 spiro atoms. The Labute approximate surface area is 169 Å². The standard InChI is InChI=1S/C22H19ClO4S/c23-16-28(25,26)21-13-19(18-9-5-2-6-10-18)11-12-20(21)14-22(24)27-15-17-7-3-1-4-8-17/h1-13H,14-16H2. The Hall–Kier alpha value is -2.63. The highest BCUT2D eigenvalue weighted by Crippen LogP contribution is 2.27. The van der Waals surface area contributed by atoms with Crippen molar-refractivity contribution in [3.8, 4) is 11.1 Å². The second-order valence-corrected chi connectivity index (χ2v) is 8.78. The molecular weight excluding hydrogens is 396 g/mol. The number of ether oxygens (including phenoxy) is 1. The molecule has 0 saturated carbocycles. The first-order chi connectivity index (χ1) is 13.5. The summed E-state index contributed by atoms with van der Waals surface area (Å²) in [5.74, 6) is -0.498. The number of benzene rings is 3. The molecule has 28 heavy (non-hydrogen) atoms. The minimum Gasteiger partial charge on any atom is -0.461 e. The third-order valence-electron chi connectivity index (χ3n) is 4.23. The molecule has 0 aliphatic heterocycles. The van der Waals surface area contributed by atoms with E-state index in [9.17, 15) is 13.2 Å². The third-order valence-corrected chi connectivity index (χ3v) is 6.43. The molecule has 3 rings (SSSR count). The average Bonchev–Trinajstić information content (AvgIpc) is 2.74. The second-order valence-electron chi connectivity index (χ2n) is 6.24. The summed E-state index contributed by atoms with van der Waals surface area (Å²) in [6.07, 6.45) is -0.145. The molecule has 0 heterocycles. The van der Waals surface area contributed by atoms with Gasteiger partial charge in [-0.05, 0) is 28.3 Å². The van der Waals surface area contributed by atoms with E-state index < -0.39 is 21.0 Å². The molecule has 4 nitrogen and oxygen atoms in total. The first-order valence-electron chi connectivity index (χ1n) is 8.66. The van der Waals surface area contributed by atoms with Crippen LogP contribution in [0.3, 0.4) is 0 Å². The zero-order chi connectivity index (χ0) is 20.0. The zero-order valence-corrected chi connectivity index (χ0v) is 16.6. The largest absolute Gasteiger partial charge is 0.461 e. The number of esters is 1. The predicted molar refractivity (Wildman–Crippen MR) is 110 cm³/mol. The molecule has 3 aromatic carbocycles. The maximum atomic E-state index is 12.5. The quantitative estimate of drug-likeness (QED) is 0.418. The van der Waals surface area contributed by atoms with Gasteiger partial charge in [-0.1, -0.05) is 72.8 Å². The highest BCUT2D eigenvalue weighted by molar-refractivity contribution is 7.92. The molecule has 0 bridgehead atoms. The Kier molecular flexibility index (Phi) is 6.49. The Morgan fingerprint density at radius 3 is 2.14 bits per heavy atom. The summed E-state index contributed by atoms with van der Waals surface area (Å²) in [7, 11) is -3.71. The van der Waals surface area contributed by atoms with Crippen LogP contribution < -0.4 is 0 Å². The lowest BCUT2D eigenvalue weighted by atomic mass is 10.0. The van der Waals surface area contributed by atoms with Crippen molar-refractivity contribution in [3.05, 3.63) is 90.0 Å². The normalized spacial score (nSPS) is 11.2. The maximum absolute atomic E-state index is 12.5. The van der Waals surface area contributed by atoms with Crippen molar-refractivity contribution in [1.82, 2.24) is 0 Å². The van der Waals surface area contributed by atoms with E-state index in [1.807, 2.05) is 60.7 Å². The molecule has 6 heteroatoms. The summed E-state index contributed by atoms with van der Waals surface area (Å²) in [5.41, 5.74) is 2.86. The van der Waals surface area contributed by atoms with Crippen LogP contribution in [0.2, 0.25) is 0 Å². The van der Waals surface area contributed by atoms with E-state index in [-0.39, 0.29) is 17.9 Å². The molecule has 0 atom stereocenters. The van der Waals surface area contributed by atoms with E-state index in [2.05, 4.69) is 0 Å². The number of sulfone groups is 1. The summed E-state index contributed by atoms with van der Waals surface area (Å²) >= 11 is 5.67. The number of halogens is 1. The van der Waals surface area contributed by atoms with Crippen LogP contribution in [-0.2, 0) is 32.4 Å². The minimum absolute atomic E-state index is 0.0560. The molecule has 3 aromatic rings. The summed E-state index contributed by atoms with van der Waals surface area (Å²) in [4.78, 5) is 12.3. The van der Waals surface area contributed by atoms with Crippen LogP contribution in [-0.4, -0.2) is 19.6 Å². The van der Waals surface area contributed by atoms with Gasteiger partial charge in [-0.3, -0.25) is 4.79 Å². The Morgan fingerprint density at radius 2 is 1.50 bits per heavy atom. The van der Waals surface area contributed by atoms with Gasteiger partial charge in [0.25, 0.3) is 0 Å². The van der Waals surface area contributed by atoms with Crippen LogP contribution in [0.4, 0.5) is 0 Å². The first-order valence-corrected chi connectivity index (χ1v) is 10.8. The zero-order valence-electron chi connectivity index (χ0n) is 15.0. The van der Waals surface area contributed by atoms with Crippen LogP contribution >= 0.6 is 11.6 Å². The van der Waals surface area contributed by atoms with Crippen molar-refractivity contribution in [2.45, 2.75) is 17.9 Å². The van der Waals surface area contributed by atoms with Gasteiger partial charge in [0.2, 0.25) is 0 Å². The predicted octanol–water partition coefficient (Wildman–Crippen LogP) is 4.61. The lowest BCUT2D eigenvalue weighted by Gasteiger charge is -2.12. The van der Waals surface area contributed by atoms with Crippen molar-refractivity contribution in [2.75, 3.05) is 5.21 Å². The topological polar surface area (TPSA) is 60.4 Å². The van der Waals surface area contributed by atoms with Crippen LogP contribution in [0.15, 0.2) is 83.8 Å². The fourth-order valence-corrected chi connectivity index (χ4v) is 4.12. The van der Waals surface area contributed by atoms with Gasteiger partial charge >= 0.3 is 5.97 Å². The molecule has 0 radical (unpaired) electrons. The molecule has 0 aliphatic rings. The van der Waals surface area contributed by atoms with Gasteiger partial charge in [0.05, 0.1) is 11.3 Å². The Morgan fingerprint density at radius 1 is 0.857 bits per heavy atom. The van der Waals surface area contributed by atoms with E-state index in [1.54, 1.807) is 18.2 Å². The van der Waals surface area contributed by atoms with Gasteiger partial charge in [-0.2, -0.15) is 0 Å². The molecule has 0 saturated heterocycles. The molecule has 0 unspecified atom stereocenters. The van der Waals surface area contributed by atoms with E-state index >= 15 is 0 Å². The van der Waals surface area contributed by atoms with Crippen molar-refractivity contribution < 1.29 is 17.9 Å². The first kappa shape index (κ1) is 20.1. The number of alkyl halides is 1. The number of rotatable bonds is 7. The Bertz CT molecular complexity index is 1050. The van der Waals surface area contributed by atoms with Crippen LogP contribution in [0.1, 0.15) is 11.1 Å². The van der Waals surface area contributed by atoms with Gasteiger partial charge in [0.1, 0.15) is 11.8 Å². The van der Waals surface area contributed by atoms with Gasteiger partial charge in [0.15, 0.2) is 9.84 Å². The molecule has 0 aromatic heterocycles.